The maximum absolute atomic E-state index is 13.7. The number of fused-ring (bicyclic) bond motifs is 1. The number of carboxylic acid groups (broad SMARTS) is 1. The number of nitrogens with zero attached hydrogens (tertiary/aromatic N) is 2. The summed E-state index contributed by atoms with van der Waals surface area (Å²) in [6.45, 7) is 3.59. The van der Waals surface area contributed by atoms with E-state index >= 15 is 0 Å². The van der Waals surface area contributed by atoms with Crippen molar-refractivity contribution in [3.05, 3.63) is 101 Å². The van der Waals surface area contributed by atoms with Crippen LogP contribution in [0.15, 0.2) is 84.0 Å². The molecule has 0 saturated heterocycles. The van der Waals surface area contributed by atoms with Gasteiger partial charge in [-0.3, -0.25) is 15.1 Å². The molecule has 3 N–H and O–H groups in total. The van der Waals surface area contributed by atoms with Crippen molar-refractivity contribution in [2.75, 3.05) is 10.3 Å². The van der Waals surface area contributed by atoms with Gasteiger partial charge >= 0.3 is 12.3 Å². The van der Waals surface area contributed by atoms with Crippen LogP contribution in [0.1, 0.15) is 22.3 Å². The van der Waals surface area contributed by atoms with Gasteiger partial charge in [-0.1, -0.05) is 36.4 Å². The van der Waals surface area contributed by atoms with Crippen LogP contribution in [0.2, 0.25) is 0 Å². The number of aryl methyl sites for hydroxylation is 2. The third-order valence-corrected chi connectivity index (χ3v) is 6.45. The molecule has 0 saturated carbocycles. The van der Waals surface area contributed by atoms with Gasteiger partial charge in [0, 0.05) is 16.8 Å². The van der Waals surface area contributed by atoms with Crippen molar-refractivity contribution in [2.45, 2.75) is 20.0 Å². The predicted molar refractivity (Wildman–Crippen MR) is 147 cm³/mol. The number of phenolic OH excluding ortho intramolecular Hbond substituents is 1. The molecule has 4 aromatic carbocycles. The number of phenols is 1. The molecule has 1 heterocycles. The molecule has 0 aromatic heterocycles. The van der Waals surface area contributed by atoms with Gasteiger partial charge in [-0.05, 0) is 73.0 Å². The Hall–Kier alpha value is -5.32. The summed E-state index contributed by atoms with van der Waals surface area (Å²) < 4.78 is 45.0. The fourth-order valence-corrected chi connectivity index (χ4v) is 4.74. The first-order valence-corrected chi connectivity index (χ1v) is 12.2. The molecule has 1 aliphatic rings. The molecule has 0 aliphatic carbocycles. The summed E-state index contributed by atoms with van der Waals surface area (Å²) in [4.78, 5) is 25.7. The van der Waals surface area contributed by atoms with E-state index in [0.29, 0.717) is 27.9 Å². The second-order valence-corrected chi connectivity index (χ2v) is 9.33. The van der Waals surface area contributed by atoms with Gasteiger partial charge in [-0.15, -0.1) is 0 Å². The standard InChI is InChI=1S/C30H22F3N3O5/c1-16-12-17(2)25-24(13-16)36(20-8-4-7-19(15-20)30(31,32)33)28(38)26(25)35-34-23-11-5-10-22(27(23)37)18-6-3-9-21(14-18)41-29(39)40/h3-15,34,37H,1-2H3,(H,39,40). The first-order valence-electron chi connectivity index (χ1n) is 12.2. The van der Waals surface area contributed by atoms with E-state index in [1.165, 1.54) is 35.2 Å². The fraction of sp³-hybridized carbons (Fsp3) is 0.100. The molecule has 0 spiro atoms. The highest BCUT2D eigenvalue weighted by atomic mass is 19.4. The summed E-state index contributed by atoms with van der Waals surface area (Å²) in [5.41, 5.74) is 5.08. The Bertz CT molecular complexity index is 1730. The number of benzene rings is 4. The summed E-state index contributed by atoms with van der Waals surface area (Å²) in [6, 6.07) is 18.9. The van der Waals surface area contributed by atoms with Crippen LogP contribution in [0.3, 0.4) is 0 Å². The summed E-state index contributed by atoms with van der Waals surface area (Å²) in [5.74, 6) is -0.818. The van der Waals surface area contributed by atoms with Crippen LogP contribution in [0.4, 0.5) is 35.0 Å². The van der Waals surface area contributed by atoms with Crippen molar-refractivity contribution < 1.29 is 37.7 Å². The fourth-order valence-electron chi connectivity index (χ4n) is 4.74. The van der Waals surface area contributed by atoms with Crippen molar-refractivity contribution in [1.29, 1.82) is 0 Å². The van der Waals surface area contributed by atoms with Gasteiger partial charge < -0.3 is 14.9 Å². The van der Waals surface area contributed by atoms with Crippen LogP contribution < -0.4 is 15.1 Å². The molecule has 1 aliphatic heterocycles. The Morgan fingerprint density at radius 2 is 1.71 bits per heavy atom. The number of ether oxygens (including phenoxy) is 1. The van der Waals surface area contributed by atoms with Crippen molar-refractivity contribution in [2.24, 2.45) is 5.10 Å². The van der Waals surface area contributed by atoms with Gasteiger partial charge in [0.05, 0.1) is 16.9 Å². The monoisotopic (exact) mass is 561 g/mol. The van der Waals surface area contributed by atoms with Crippen molar-refractivity contribution >= 4 is 34.8 Å². The minimum Gasteiger partial charge on any atom is -0.505 e. The molecule has 208 valence electrons. The molecule has 0 unspecified atom stereocenters. The Labute approximate surface area is 231 Å². The zero-order valence-corrected chi connectivity index (χ0v) is 21.7. The quantitative estimate of drug-likeness (QED) is 0.102. The van der Waals surface area contributed by atoms with Crippen LogP contribution in [-0.4, -0.2) is 28.0 Å². The number of carbonyl (C=O) groups excluding carboxylic acids is 1. The Morgan fingerprint density at radius 1 is 0.976 bits per heavy atom. The lowest BCUT2D eigenvalue weighted by Gasteiger charge is -2.19. The number of hydrogen-bond acceptors (Lipinski definition) is 6. The number of carbonyl (C=O) groups is 2. The number of nitrogens with one attached hydrogen (secondary N) is 1. The van der Waals surface area contributed by atoms with Gasteiger partial charge in [0.15, 0.2) is 5.71 Å². The second kappa shape index (κ2) is 10.3. The summed E-state index contributed by atoms with van der Waals surface area (Å²) in [7, 11) is 0. The zero-order chi connectivity index (χ0) is 29.5. The maximum atomic E-state index is 13.7. The van der Waals surface area contributed by atoms with Crippen LogP contribution in [-0.2, 0) is 11.0 Å². The highest BCUT2D eigenvalue weighted by Gasteiger charge is 2.38. The van der Waals surface area contributed by atoms with E-state index in [2.05, 4.69) is 10.5 Å². The molecule has 5 rings (SSSR count). The molecule has 4 aromatic rings. The first-order chi connectivity index (χ1) is 19.4. The van der Waals surface area contributed by atoms with Gasteiger partial charge in [0.2, 0.25) is 0 Å². The molecule has 11 heteroatoms. The number of amides is 1. The lowest BCUT2D eigenvalue weighted by molar-refractivity contribution is -0.137. The molecule has 8 nitrogen and oxygen atoms in total. The van der Waals surface area contributed by atoms with Crippen molar-refractivity contribution in [1.82, 2.24) is 0 Å². The van der Waals surface area contributed by atoms with Crippen LogP contribution >= 0.6 is 0 Å². The number of hydrogen-bond donors (Lipinski definition) is 3. The minimum atomic E-state index is -4.59. The lowest BCUT2D eigenvalue weighted by atomic mass is 10.0. The van der Waals surface area contributed by atoms with Crippen LogP contribution in [0.5, 0.6) is 11.5 Å². The molecule has 0 bridgehead atoms. The topological polar surface area (TPSA) is 111 Å². The predicted octanol–water partition coefficient (Wildman–Crippen LogP) is 7.25. The average Bonchev–Trinajstić information content (AvgIpc) is 3.18. The summed E-state index contributed by atoms with van der Waals surface area (Å²) >= 11 is 0. The SMILES string of the molecule is Cc1cc(C)c2c(c1)N(c1cccc(C(F)(F)F)c1)C(=O)C2=NNc1cccc(-c2cccc(OC(=O)O)c2)c1O. The maximum Gasteiger partial charge on any atom is 0.511 e. The highest BCUT2D eigenvalue weighted by Crippen LogP contribution is 2.41. The van der Waals surface area contributed by atoms with Crippen LogP contribution in [0.25, 0.3) is 11.1 Å². The van der Waals surface area contributed by atoms with Crippen LogP contribution in [0, 0.1) is 13.8 Å². The van der Waals surface area contributed by atoms with Gasteiger partial charge in [0.25, 0.3) is 5.91 Å². The van der Waals surface area contributed by atoms with E-state index in [0.717, 1.165) is 17.7 Å². The molecule has 0 radical (unpaired) electrons. The van der Waals surface area contributed by atoms with E-state index in [4.69, 9.17) is 9.84 Å². The number of aromatic hydroxyl groups is 1. The van der Waals surface area contributed by atoms with Gasteiger partial charge in [0.1, 0.15) is 11.5 Å². The number of para-hydroxylation sites is 1. The number of halogens is 3. The molecule has 1 amide bonds. The Morgan fingerprint density at radius 3 is 2.44 bits per heavy atom. The number of alkyl halides is 3. The van der Waals surface area contributed by atoms with E-state index in [9.17, 15) is 27.9 Å². The first kappa shape index (κ1) is 27.3. The van der Waals surface area contributed by atoms with E-state index in [-0.39, 0.29) is 28.6 Å². The number of hydrazone groups is 1. The Kier molecular flexibility index (Phi) is 6.87. The summed E-state index contributed by atoms with van der Waals surface area (Å²) in [5, 5.41) is 24.2. The largest absolute Gasteiger partial charge is 0.511 e. The van der Waals surface area contributed by atoms with E-state index in [1.54, 1.807) is 37.3 Å². The smallest absolute Gasteiger partial charge is 0.505 e. The molecule has 41 heavy (non-hydrogen) atoms. The third kappa shape index (κ3) is 5.29. The minimum absolute atomic E-state index is 0.0366. The molecule has 0 fully saturated rings. The molecular weight excluding hydrogens is 539 g/mol. The number of anilines is 3. The number of rotatable bonds is 5. The Balaban J connectivity index is 1.54. The van der Waals surface area contributed by atoms with E-state index < -0.39 is 23.8 Å². The molecular formula is C30H22F3N3O5. The zero-order valence-electron chi connectivity index (χ0n) is 21.7. The normalized spacial score (nSPS) is 13.8. The average molecular weight is 562 g/mol. The molecule has 0 atom stereocenters. The highest BCUT2D eigenvalue weighted by molar-refractivity contribution is 6.56. The van der Waals surface area contributed by atoms with Crippen molar-refractivity contribution in [3.63, 3.8) is 0 Å². The van der Waals surface area contributed by atoms with Gasteiger partial charge in [-0.2, -0.15) is 18.3 Å². The third-order valence-electron chi connectivity index (χ3n) is 6.45. The lowest BCUT2D eigenvalue weighted by Crippen LogP contribution is -2.26. The van der Waals surface area contributed by atoms with Crippen molar-refractivity contribution in [3.8, 4) is 22.6 Å². The second-order valence-electron chi connectivity index (χ2n) is 9.33. The van der Waals surface area contributed by atoms with Gasteiger partial charge in [-0.25, -0.2) is 4.79 Å². The summed E-state index contributed by atoms with van der Waals surface area (Å²) in [6.07, 6.45) is -6.08. The van der Waals surface area contributed by atoms with E-state index in [1.807, 2.05) is 13.0 Å².